The van der Waals surface area contributed by atoms with E-state index in [1.54, 1.807) is 32.4 Å². The van der Waals surface area contributed by atoms with E-state index in [2.05, 4.69) is 0 Å². The molecule has 0 aliphatic rings. The van der Waals surface area contributed by atoms with Gasteiger partial charge in [-0.2, -0.15) is 0 Å². The highest BCUT2D eigenvalue weighted by Gasteiger charge is 2.07. The van der Waals surface area contributed by atoms with Gasteiger partial charge in [-0.1, -0.05) is 0 Å². The number of carbonyl (C=O) groups excluding carboxylic acids is 1. The molecule has 0 saturated carbocycles. The first-order valence-corrected chi connectivity index (χ1v) is 4.15. The number of halogens is 1. The van der Waals surface area contributed by atoms with Crippen molar-refractivity contribution in [3.63, 3.8) is 0 Å². The Morgan fingerprint density at radius 1 is 1.20 bits per heavy atom. The maximum absolute atomic E-state index is 10.5. The summed E-state index contributed by atoms with van der Waals surface area (Å²) >= 11 is 0. The molecular weight excluding hydrogens is 218 g/mol. The van der Waals surface area contributed by atoms with Gasteiger partial charge in [0.15, 0.2) is 0 Å². The molecule has 0 saturated heterocycles. The lowest BCUT2D eigenvalue weighted by atomic mass is 10.1. The highest BCUT2D eigenvalue weighted by Crippen LogP contribution is 2.24. The first-order chi connectivity index (χ1) is 6.71. The van der Waals surface area contributed by atoms with Gasteiger partial charge in [0.1, 0.15) is 17.8 Å². The Bertz CT molecular complexity index is 308. The predicted octanol–water partition coefficient (Wildman–Crippen LogP) is 1.32. The van der Waals surface area contributed by atoms with Crippen LogP contribution >= 0.6 is 12.4 Å². The predicted molar refractivity (Wildman–Crippen MR) is 59.8 cm³/mol. The Morgan fingerprint density at radius 2 is 1.67 bits per heavy atom. The highest BCUT2D eigenvalue weighted by molar-refractivity contribution is 5.85. The standard InChI is InChI=1S/C10H13NO3.ClH/c1-13-8-3-7(10(11)6-12)4-9(5-8)14-2;/h3-6,10H,11H2,1-2H3;1H. The minimum atomic E-state index is -0.640. The molecule has 0 aromatic heterocycles. The largest absolute Gasteiger partial charge is 0.497 e. The van der Waals surface area contributed by atoms with E-state index in [4.69, 9.17) is 15.2 Å². The first kappa shape index (κ1) is 13.7. The summed E-state index contributed by atoms with van der Waals surface area (Å²) in [6, 6.07) is 4.50. The summed E-state index contributed by atoms with van der Waals surface area (Å²) in [6.45, 7) is 0. The van der Waals surface area contributed by atoms with Gasteiger partial charge in [-0.15, -0.1) is 12.4 Å². The minimum absolute atomic E-state index is 0. The molecular formula is C10H14ClNO3. The van der Waals surface area contributed by atoms with Crippen LogP contribution in [0.2, 0.25) is 0 Å². The lowest BCUT2D eigenvalue weighted by molar-refractivity contribution is -0.109. The third-order valence-corrected chi connectivity index (χ3v) is 1.91. The van der Waals surface area contributed by atoms with Gasteiger partial charge in [0.05, 0.1) is 20.3 Å². The molecule has 0 radical (unpaired) electrons. The van der Waals surface area contributed by atoms with E-state index in [0.29, 0.717) is 23.3 Å². The zero-order valence-electron chi connectivity index (χ0n) is 8.60. The van der Waals surface area contributed by atoms with Crippen LogP contribution in [0.1, 0.15) is 11.6 Å². The minimum Gasteiger partial charge on any atom is -0.497 e. The van der Waals surface area contributed by atoms with E-state index in [0.717, 1.165) is 0 Å². The lowest BCUT2D eigenvalue weighted by Gasteiger charge is -2.09. The first-order valence-electron chi connectivity index (χ1n) is 4.15. The number of methoxy groups -OCH3 is 2. The van der Waals surface area contributed by atoms with Crippen LogP contribution in [0.25, 0.3) is 0 Å². The summed E-state index contributed by atoms with van der Waals surface area (Å²) in [6.07, 6.45) is 0.675. The number of rotatable bonds is 4. The average molecular weight is 232 g/mol. The highest BCUT2D eigenvalue weighted by atomic mass is 35.5. The van der Waals surface area contributed by atoms with E-state index in [1.807, 2.05) is 0 Å². The van der Waals surface area contributed by atoms with Gasteiger partial charge < -0.3 is 20.0 Å². The quantitative estimate of drug-likeness (QED) is 0.794. The molecule has 0 spiro atoms. The molecule has 15 heavy (non-hydrogen) atoms. The molecule has 1 aromatic rings. The summed E-state index contributed by atoms with van der Waals surface area (Å²) in [5.74, 6) is 1.24. The monoisotopic (exact) mass is 231 g/mol. The smallest absolute Gasteiger partial charge is 0.141 e. The Balaban J connectivity index is 0.00000196. The van der Waals surface area contributed by atoms with Crippen molar-refractivity contribution in [1.82, 2.24) is 0 Å². The lowest BCUT2D eigenvalue weighted by Crippen LogP contribution is -2.11. The summed E-state index contributed by atoms with van der Waals surface area (Å²) < 4.78 is 10.1. The van der Waals surface area contributed by atoms with E-state index in [1.165, 1.54) is 0 Å². The molecule has 0 aliphatic carbocycles. The van der Waals surface area contributed by atoms with Crippen LogP contribution in [0, 0.1) is 0 Å². The van der Waals surface area contributed by atoms with E-state index in [9.17, 15) is 4.79 Å². The molecule has 1 atom stereocenters. The number of ether oxygens (including phenoxy) is 2. The van der Waals surface area contributed by atoms with Crippen LogP contribution in [0.5, 0.6) is 11.5 Å². The van der Waals surface area contributed by atoms with Crippen LogP contribution in [-0.4, -0.2) is 20.5 Å². The molecule has 1 aromatic carbocycles. The van der Waals surface area contributed by atoms with Crippen LogP contribution in [0.3, 0.4) is 0 Å². The summed E-state index contributed by atoms with van der Waals surface area (Å²) in [5, 5.41) is 0. The second-order valence-electron chi connectivity index (χ2n) is 2.81. The van der Waals surface area contributed by atoms with Gasteiger partial charge in [-0.25, -0.2) is 0 Å². The van der Waals surface area contributed by atoms with Gasteiger partial charge >= 0.3 is 0 Å². The second kappa shape index (κ2) is 6.27. The van der Waals surface area contributed by atoms with Crippen LogP contribution in [-0.2, 0) is 4.79 Å². The van der Waals surface area contributed by atoms with E-state index >= 15 is 0 Å². The number of aldehydes is 1. The number of hydrogen-bond donors (Lipinski definition) is 1. The Kier molecular flexibility index (Phi) is 5.74. The normalized spacial score (nSPS) is 11.1. The third-order valence-electron chi connectivity index (χ3n) is 1.91. The molecule has 0 bridgehead atoms. The molecule has 0 heterocycles. The Morgan fingerprint density at radius 3 is 2.00 bits per heavy atom. The maximum atomic E-state index is 10.5. The summed E-state index contributed by atoms with van der Waals surface area (Å²) in [5.41, 5.74) is 6.24. The van der Waals surface area contributed by atoms with Crippen LogP contribution in [0.15, 0.2) is 18.2 Å². The van der Waals surface area contributed by atoms with Crippen molar-refractivity contribution < 1.29 is 14.3 Å². The average Bonchev–Trinajstić information content (AvgIpc) is 2.27. The van der Waals surface area contributed by atoms with Crippen LogP contribution in [0.4, 0.5) is 0 Å². The molecule has 5 heteroatoms. The zero-order chi connectivity index (χ0) is 10.6. The van der Waals surface area contributed by atoms with Crippen molar-refractivity contribution in [2.45, 2.75) is 6.04 Å². The molecule has 2 N–H and O–H groups in total. The Labute approximate surface area is 94.8 Å². The number of benzene rings is 1. The molecule has 4 nitrogen and oxygen atoms in total. The van der Waals surface area contributed by atoms with Crippen molar-refractivity contribution in [2.75, 3.05) is 14.2 Å². The topological polar surface area (TPSA) is 61.6 Å². The molecule has 0 aliphatic heterocycles. The van der Waals surface area contributed by atoms with Crippen LogP contribution < -0.4 is 15.2 Å². The molecule has 0 amide bonds. The summed E-state index contributed by atoms with van der Waals surface area (Å²) in [4.78, 5) is 10.5. The van der Waals surface area contributed by atoms with Crippen molar-refractivity contribution >= 4 is 18.7 Å². The van der Waals surface area contributed by atoms with Gasteiger partial charge in [0.2, 0.25) is 0 Å². The maximum Gasteiger partial charge on any atom is 0.141 e. The fourth-order valence-corrected chi connectivity index (χ4v) is 1.10. The fraction of sp³-hybridized carbons (Fsp3) is 0.300. The zero-order valence-corrected chi connectivity index (χ0v) is 9.41. The van der Waals surface area contributed by atoms with Gasteiger partial charge in [0.25, 0.3) is 0 Å². The Hall–Kier alpha value is -1.26. The van der Waals surface area contributed by atoms with Crippen molar-refractivity contribution in [3.05, 3.63) is 23.8 Å². The van der Waals surface area contributed by atoms with Crippen molar-refractivity contribution in [1.29, 1.82) is 0 Å². The van der Waals surface area contributed by atoms with Crippen molar-refractivity contribution in [2.24, 2.45) is 5.73 Å². The number of nitrogens with two attached hydrogens (primary N) is 1. The second-order valence-corrected chi connectivity index (χ2v) is 2.81. The molecule has 1 rings (SSSR count). The summed E-state index contributed by atoms with van der Waals surface area (Å²) in [7, 11) is 3.09. The molecule has 84 valence electrons. The van der Waals surface area contributed by atoms with E-state index in [-0.39, 0.29) is 12.4 Å². The third kappa shape index (κ3) is 3.42. The molecule has 0 fully saturated rings. The SMILES string of the molecule is COc1cc(OC)cc(C(N)C=O)c1.Cl. The van der Waals surface area contributed by atoms with Gasteiger partial charge in [0, 0.05) is 6.07 Å². The number of carbonyl (C=O) groups is 1. The number of hydrogen-bond acceptors (Lipinski definition) is 4. The molecule has 1 unspecified atom stereocenters. The van der Waals surface area contributed by atoms with Gasteiger partial charge in [-0.05, 0) is 17.7 Å². The fourth-order valence-electron chi connectivity index (χ4n) is 1.10. The van der Waals surface area contributed by atoms with E-state index < -0.39 is 6.04 Å². The van der Waals surface area contributed by atoms with Gasteiger partial charge in [-0.3, -0.25) is 0 Å². The van der Waals surface area contributed by atoms with Crippen molar-refractivity contribution in [3.8, 4) is 11.5 Å².